The van der Waals surface area contributed by atoms with Crippen LogP contribution < -0.4 is 16.3 Å². The van der Waals surface area contributed by atoms with E-state index in [9.17, 15) is 14.4 Å². The first kappa shape index (κ1) is 19.2. The highest BCUT2D eigenvalue weighted by Crippen LogP contribution is 2.19. The van der Waals surface area contributed by atoms with Crippen molar-refractivity contribution in [1.82, 2.24) is 0 Å². The maximum atomic E-state index is 12.5. The summed E-state index contributed by atoms with van der Waals surface area (Å²) in [6.07, 6.45) is -0.596. The molecule has 2 N–H and O–H groups in total. The van der Waals surface area contributed by atoms with Crippen LogP contribution in [0.15, 0.2) is 63.8 Å². The molecule has 2 amide bonds. The Labute approximate surface area is 161 Å². The SMILES string of the molecule is CC(C)(C)OC(=O)Nc1cccc(C(=O)Nc2ccc3oc(=O)ccc3c2)c1. The molecule has 2 aromatic carbocycles. The lowest BCUT2D eigenvalue weighted by Crippen LogP contribution is -2.27. The number of anilines is 2. The molecule has 1 aromatic heterocycles. The molecule has 0 spiro atoms. The van der Waals surface area contributed by atoms with E-state index in [1.807, 2.05) is 0 Å². The molecule has 3 rings (SSSR count). The molecule has 0 atom stereocenters. The second kappa shape index (κ2) is 7.56. The molecule has 0 aliphatic carbocycles. The van der Waals surface area contributed by atoms with Crippen molar-refractivity contribution in [2.45, 2.75) is 26.4 Å². The molecule has 28 heavy (non-hydrogen) atoms. The fourth-order valence-corrected chi connectivity index (χ4v) is 2.51. The standard InChI is InChI=1S/C21H20N2O5/c1-21(2,3)28-20(26)23-15-6-4-5-14(12-15)19(25)22-16-8-9-17-13(11-16)7-10-18(24)27-17/h4-12H,1-3H3,(H,22,25)(H,23,26). The van der Waals surface area contributed by atoms with Gasteiger partial charge in [0.05, 0.1) is 0 Å². The molecule has 0 aliphatic rings. The van der Waals surface area contributed by atoms with Crippen molar-refractivity contribution in [3.8, 4) is 0 Å². The average molecular weight is 380 g/mol. The number of ether oxygens (including phenoxy) is 1. The van der Waals surface area contributed by atoms with Crippen LogP contribution in [-0.4, -0.2) is 17.6 Å². The molecular weight excluding hydrogens is 360 g/mol. The van der Waals surface area contributed by atoms with Crippen molar-refractivity contribution in [1.29, 1.82) is 0 Å². The smallest absolute Gasteiger partial charge is 0.412 e. The second-order valence-electron chi connectivity index (χ2n) is 7.17. The van der Waals surface area contributed by atoms with Crippen molar-refractivity contribution in [2.24, 2.45) is 0 Å². The quantitative estimate of drug-likeness (QED) is 0.657. The largest absolute Gasteiger partial charge is 0.444 e. The molecule has 0 unspecified atom stereocenters. The van der Waals surface area contributed by atoms with Crippen molar-refractivity contribution < 1.29 is 18.7 Å². The van der Waals surface area contributed by atoms with Gasteiger partial charge in [0.15, 0.2) is 0 Å². The van der Waals surface area contributed by atoms with Gasteiger partial charge in [0, 0.05) is 28.4 Å². The van der Waals surface area contributed by atoms with E-state index >= 15 is 0 Å². The van der Waals surface area contributed by atoms with Gasteiger partial charge in [0.1, 0.15) is 11.2 Å². The minimum Gasteiger partial charge on any atom is -0.444 e. The summed E-state index contributed by atoms with van der Waals surface area (Å²) in [7, 11) is 0. The molecule has 1 heterocycles. The Morgan fingerprint density at radius 1 is 0.929 bits per heavy atom. The van der Waals surface area contributed by atoms with E-state index < -0.39 is 17.3 Å². The lowest BCUT2D eigenvalue weighted by atomic mass is 10.1. The van der Waals surface area contributed by atoms with Gasteiger partial charge in [-0.2, -0.15) is 0 Å². The van der Waals surface area contributed by atoms with Crippen molar-refractivity contribution in [3.05, 3.63) is 70.6 Å². The molecule has 0 bridgehead atoms. The lowest BCUT2D eigenvalue weighted by molar-refractivity contribution is 0.0635. The van der Waals surface area contributed by atoms with Crippen LogP contribution in [0.5, 0.6) is 0 Å². The maximum Gasteiger partial charge on any atom is 0.412 e. The number of benzene rings is 2. The third kappa shape index (κ3) is 4.97. The molecule has 0 saturated carbocycles. The third-order valence-corrected chi connectivity index (χ3v) is 3.65. The van der Waals surface area contributed by atoms with Crippen molar-refractivity contribution in [2.75, 3.05) is 10.6 Å². The van der Waals surface area contributed by atoms with Gasteiger partial charge in [-0.1, -0.05) is 6.07 Å². The number of fused-ring (bicyclic) bond motifs is 1. The summed E-state index contributed by atoms with van der Waals surface area (Å²) in [4.78, 5) is 35.7. The zero-order chi connectivity index (χ0) is 20.3. The van der Waals surface area contributed by atoms with Gasteiger partial charge in [0.2, 0.25) is 0 Å². The first-order chi connectivity index (χ1) is 13.2. The Hall–Kier alpha value is -3.61. The van der Waals surface area contributed by atoms with Crippen LogP contribution in [0.1, 0.15) is 31.1 Å². The second-order valence-corrected chi connectivity index (χ2v) is 7.17. The van der Waals surface area contributed by atoms with Crippen molar-refractivity contribution >= 4 is 34.3 Å². The minimum absolute atomic E-state index is 0.343. The van der Waals surface area contributed by atoms with Gasteiger partial charge in [0.25, 0.3) is 5.91 Å². The molecule has 7 nitrogen and oxygen atoms in total. The predicted molar refractivity (Wildman–Crippen MR) is 107 cm³/mol. The fourth-order valence-electron chi connectivity index (χ4n) is 2.51. The van der Waals surface area contributed by atoms with Gasteiger partial charge in [-0.05, 0) is 63.2 Å². The summed E-state index contributed by atoms with van der Waals surface area (Å²) in [5, 5.41) is 6.08. The number of hydrogen-bond acceptors (Lipinski definition) is 5. The van der Waals surface area contributed by atoms with Crippen LogP contribution in [0.25, 0.3) is 11.0 Å². The Bertz CT molecular complexity index is 1100. The normalized spacial score (nSPS) is 11.1. The number of hydrogen-bond donors (Lipinski definition) is 2. The summed E-state index contributed by atoms with van der Waals surface area (Å²) in [5.74, 6) is -0.343. The summed E-state index contributed by atoms with van der Waals surface area (Å²) >= 11 is 0. The molecule has 7 heteroatoms. The zero-order valence-electron chi connectivity index (χ0n) is 15.7. The summed E-state index contributed by atoms with van der Waals surface area (Å²) in [6.45, 7) is 5.31. The van der Waals surface area contributed by atoms with Gasteiger partial charge in [-0.3, -0.25) is 10.1 Å². The maximum absolute atomic E-state index is 12.5. The monoisotopic (exact) mass is 380 g/mol. The number of rotatable bonds is 3. The first-order valence-electron chi connectivity index (χ1n) is 8.65. The number of carbonyl (C=O) groups excluding carboxylic acids is 2. The van der Waals surface area contributed by atoms with E-state index in [0.717, 1.165) is 0 Å². The summed E-state index contributed by atoms with van der Waals surface area (Å²) < 4.78 is 10.3. The van der Waals surface area contributed by atoms with E-state index in [1.165, 1.54) is 6.07 Å². The van der Waals surface area contributed by atoms with Gasteiger partial charge < -0.3 is 14.5 Å². The zero-order valence-corrected chi connectivity index (χ0v) is 15.7. The molecule has 144 valence electrons. The Balaban J connectivity index is 1.73. The van der Waals surface area contributed by atoms with Crippen LogP contribution in [0.2, 0.25) is 0 Å². The van der Waals surface area contributed by atoms with Crippen LogP contribution in [0, 0.1) is 0 Å². The molecule has 3 aromatic rings. The van der Waals surface area contributed by atoms with E-state index in [-0.39, 0.29) is 5.91 Å². The number of carbonyl (C=O) groups is 2. The number of nitrogens with one attached hydrogen (secondary N) is 2. The van der Waals surface area contributed by atoms with Crippen LogP contribution >= 0.6 is 0 Å². The summed E-state index contributed by atoms with van der Waals surface area (Å²) in [5.41, 5.74) is 0.758. The third-order valence-electron chi connectivity index (χ3n) is 3.65. The topological polar surface area (TPSA) is 97.6 Å². The fraction of sp³-hybridized carbons (Fsp3) is 0.190. The predicted octanol–water partition coefficient (Wildman–Crippen LogP) is 4.39. The molecule has 0 aliphatic heterocycles. The van der Waals surface area contributed by atoms with Crippen molar-refractivity contribution in [3.63, 3.8) is 0 Å². The van der Waals surface area contributed by atoms with Gasteiger partial charge >= 0.3 is 11.7 Å². The Morgan fingerprint density at radius 3 is 2.43 bits per heavy atom. The molecular formula is C21H20N2O5. The highest BCUT2D eigenvalue weighted by molar-refractivity contribution is 6.05. The lowest BCUT2D eigenvalue weighted by Gasteiger charge is -2.19. The van der Waals surface area contributed by atoms with Gasteiger partial charge in [-0.15, -0.1) is 0 Å². The number of amides is 2. The Morgan fingerprint density at radius 2 is 1.68 bits per heavy atom. The minimum atomic E-state index is -0.617. The highest BCUT2D eigenvalue weighted by Gasteiger charge is 2.16. The average Bonchev–Trinajstić information content (AvgIpc) is 2.60. The van der Waals surface area contributed by atoms with Gasteiger partial charge in [-0.25, -0.2) is 9.59 Å². The molecule has 0 saturated heterocycles. The van der Waals surface area contributed by atoms with E-state index in [1.54, 1.807) is 69.3 Å². The van der Waals surface area contributed by atoms with Crippen LogP contribution in [0.3, 0.4) is 0 Å². The van der Waals surface area contributed by atoms with Crippen LogP contribution in [0.4, 0.5) is 16.2 Å². The molecule has 0 fully saturated rings. The Kier molecular flexibility index (Phi) is 5.17. The molecule has 0 radical (unpaired) electrons. The summed E-state index contributed by atoms with van der Waals surface area (Å²) in [6, 6.07) is 14.4. The van der Waals surface area contributed by atoms with E-state index in [2.05, 4.69) is 10.6 Å². The first-order valence-corrected chi connectivity index (χ1v) is 8.65. The highest BCUT2D eigenvalue weighted by atomic mass is 16.6. The van der Waals surface area contributed by atoms with Crippen LogP contribution in [-0.2, 0) is 4.74 Å². The van der Waals surface area contributed by atoms with E-state index in [4.69, 9.17) is 9.15 Å². The van der Waals surface area contributed by atoms with E-state index in [0.29, 0.717) is 27.9 Å².